The monoisotopic (exact) mass is 256 g/mol. The van der Waals surface area contributed by atoms with Crippen LogP contribution in [-0.4, -0.2) is 30.6 Å². The largest absolute Gasteiger partial charge is 0.384 e. The molecule has 1 aromatic carbocycles. The van der Waals surface area contributed by atoms with Crippen LogP contribution in [0.1, 0.15) is 43.6 Å². The normalized spacial score (nSPS) is 25.4. The van der Waals surface area contributed by atoms with Gasteiger partial charge in [-0.1, -0.05) is 18.2 Å². The van der Waals surface area contributed by atoms with Gasteiger partial charge in [0.05, 0.1) is 0 Å². The molecule has 0 amide bonds. The molecule has 1 heterocycles. The maximum Gasteiger partial charge on any atom is 0.0376 e. The van der Waals surface area contributed by atoms with Crippen LogP contribution in [0.4, 0.5) is 5.69 Å². The van der Waals surface area contributed by atoms with Crippen molar-refractivity contribution in [3.05, 3.63) is 29.8 Å². The lowest BCUT2D eigenvalue weighted by Crippen LogP contribution is -2.30. The summed E-state index contributed by atoms with van der Waals surface area (Å²) in [5, 5.41) is 3.55. The Morgan fingerprint density at radius 3 is 2.74 bits per heavy atom. The molecule has 3 aliphatic rings. The number of fused-ring (bicyclic) bond motifs is 1. The lowest BCUT2D eigenvalue weighted by molar-refractivity contribution is 0.244. The minimum absolute atomic E-state index is 0.733. The van der Waals surface area contributed by atoms with Gasteiger partial charge in [-0.3, -0.25) is 0 Å². The first kappa shape index (κ1) is 11.8. The Bertz CT molecular complexity index is 448. The van der Waals surface area contributed by atoms with E-state index in [0.29, 0.717) is 0 Å². The third-order valence-electron chi connectivity index (χ3n) is 4.96. The van der Waals surface area contributed by atoms with Crippen molar-refractivity contribution < 1.29 is 0 Å². The number of benzene rings is 1. The highest BCUT2D eigenvalue weighted by Gasteiger charge is 2.34. The van der Waals surface area contributed by atoms with E-state index < -0.39 is 0 Å². The van der Waals surface area contributed by atoms with Crippen molar-refractivity contribution in [1.29, 1.82) is 0 Å². The Morgan fingerprint density at radius 1 is 1.11 bits per heavy atom. The van der Waals surface area contributed by atoms with Gasteiger partial charge in [0, 0.05) is 30.7 Å². The van der Waals surface area contributed by atoms with E-state index in [1.54, 1.807) is 5.56 Å². The molecule has 2 aliphatic carbocycles. The quantitative estimate of drug-likeness (QED) is 0.838. The van der Waals surface area contributed by atoms with Crippen LogP contribution in [0.2, 0.25) is 0 Å². The van der Waals surface area contributed by atoms with Crippen LogP contribution in [0, 0.1) is 5.92 Å². The first-order valence-corrected chi connectivity index (χ1v) is 7.97. The average molecular weight is 256 g/mol. The second-order valence-corrected chi connectivity index (χ2v) is 6.62. The highest BCUT2D eigenvalue weighted by Crippen LogP contribution is 2.37. The second kappa shape index (κ2) is 4.82. The van der Waals surface area contributed by atoms with Crippen LogP contribution < -0.4 is 5.32 Å². The molecule has 19 heavy (non-hydrogen) atoms. The van der Waals surface area contributed by atoms with E-state index in [9.17, 15) is 0 Å². The van der Waals surface area contributed by atoms with E-state index >= 15 is 0 Å². The molecule has 0 aromatic heterocycles. The third kappa shape index (κ3) is 2.64. The molecular weight excluding hydrogens is 232 g/mol. The number of anilines is 1. The summed E-state index contributed by atoms with van der Waals surface area (Å²) >= 11 is 0. The number of rotatable bonds is 6. The predicted octanol–water partition coefficient (Wildman–Crippen LogP) is 3.46. The van der Waals surface area contributed by atoms with E-state index in [2.05, 4.69) is 34.5 Å². The lowest BCUT2D eigenvalue weighted by Gasteiger charge is -2.23. The van der Waals surface area contributed by atoms with E-state index in [-0.39, 0.29) is 0 Å². The minimum Gasteiger partial charge on any atom is -0.384 e. The van der Waals surface area contributed by atoms with Crippen molar-refractivity contribution >= 4 is 5.69 Å². The zero-order valence-corrected chi connectivity index (χ0v) is 11.6. The fraction of sp³-hybridized carbons (Fsp3) is 0.647. The van der Waals surface area contributed by atoms with Crippen LogP contribution in [0.25, 0.3) is 0 Å². The zero-order valence-electron chi connectivity index (χ0n) is 11.6. The molecule has 1 N–H and O–H groups in total. The van der Waals surface area contributed by atoms with E-state index in [4.69, 9.17) is 0 Å². The summed E-state index contributed by atoms with van der Waals surface area (Å²) in [7, 11) is 0. The van der Waals surface area contributed by atoms with Gasteiger partial charge in [0.2, 0.25) is 0 Å². The van der Waals surface area contributed by atoms with Gasteiger partial charge in [-0.15, -0.1) is 0 Å². The van der Waals surface area contributed by atoms with Crippen LogP contribution in [0.3, 0.4) is 0 Å². The average Bonchev–Trinajstić information content (AvgIpc) is 3.33. The van der Waals surface area contributed by atoms with Gasteiger partial charge in [-0.05, 0) is 56.2 Å². The number of hydrogen-bond acceptors (Lipinski definition) is 2. The number of nitrogens with zero attached hydrogens (tertiary/aromatic N) is 1. The van der Waals surface area contributed by atoms with Crippen molar-refractivity contribution in [3.63, 3.8) is 0 Å². The molecule has 1 atom stereocenters. The summed E-state index contributed by atoms with van der Waals surface area (Å²) in [6, 6.07) is 9.78. The van der Waals surface area contributed by atoms with Crippen molar-refractivity contribution in [1.82, 2.24) is 4.90 Å². The lowest BCUT2D eigenvalue weighted by atomic mass is 9.97. The highest BCUT2D eigenvalue weighted by molar-refractivity contribution is 5.57. The van der Waals surface area contributed by atoms with Gasteiger partial charge in [-0.2, -0.15) is 0 Å². The Morgan fingerprint density at radius 2 is 1.95 bits per heavy atom. The Kier molecular flexibility index (Phi) is 2.99. The van der Waals surface area contributed by atoms with E-state index in [1.165, 1.54) is 50.9 Å². The molecular formula is C17H24N2. The molecule has 2 fully saturated rings. The summed E-state index contributed by atoms with van der Waals surface area (Å²) in [6.45, 7) is 3.83. The van der Waals surface area contributed by atoms with Gasteiger partial charge >= 0.3 is 0 Å². The molecule has 0 saturated heterocycles. The van der Waals surface area contributed by atoms with Gasteiger partial charge in [-0.25, -0.2) is 0 Å². The van der Waals surface area contributed by atoms with Crippen molar-refractivity contribution in [2.75, 3.05) is 25.0 Å². The minimum atomic E-state index is 0.733. The Labute approximate surface area is 116 Å². The highest BCUT2D eigenvalue weighted by atomic mass is 15.2. The smallest absolute Gasteiger partial charge is 0.0376 e. The maximum absolute atomic E-state index is 3.55. The van der Waals surface area contributed by atoms with Crippen LogP contribution >= 0.6 is 0 Å². The Balaban J connectivity index is 1.36. The molecule has 0 spiro atoms. The molecule has 102 valence electrons. The zero-order chi connectivity index (χ0) is 12.7. The first-order valence-electron chi connectivity index (χ1n) is 7.97. The van der Waals surface area contributed by atoms with E-state index in [1.807, 2.05) is 0 Å². The number of hydrogen-bond donors (Lipinski definition) is 1. The molecule has 2 nitrogen and oxygen atoms in total. The van der Waals surface area contributed by atoms with Gasteiger partial charge in [0.15, 0.2) is 0 Å². The summed E-state index contributed by atoms with van der Waals surface area (Å²) in [5.41, 5.74) is 2.91. The molecule has 0 radical (unpaired) electrons. The Hall–Kier alpha value is -1.02. The number of para-hydroxylation sites is 1. The van der Waals surface area contributed by atoms with Crippen molar-refractivity contribution in [2.45, 2.75) is 44.1 Å². The van der Waals surface area contributed by atoms with E-state index in [0.717, 1.165) is 24.4 Å². The van der Waals surface area contributed by atoms with Crippen LogP contribution in [0.15, 0.2) is 24.3 Å². The molecule has 1 aromatic rings. The summed E-state index contributed by atoms with van der Waals surface area (Å²) in [4.78, 5) is 2.79. The summed E-state index contributed by atoms with van der Waals surface area (Å²) in [5.74, 6) is 1.77. The van der Waals surface area contributed by atoms with Gasteiger partial charge in [0.1, 0.15) is 0 Å². The van der Waals surface area contributed by atoms with Crippen LogP contribution in [0.5, 0.6) is 0 Å². The first-order chi connectivity index (χ1) is 9.40. The van der Waals surface area contributed by atoms with Gasteiger partial charge < -0.3 is 10.2 Å². The summed E-state index contributed by atoms with van der Waals surface area (Å²) < 4.78 is 0. The predicted molar refractivity (Wildman–Crippen MR) is 79.6 cm³/mol. The maximum atomic E-state index is 3.55. The van der Waals surface area contributed by atoms with Crippen molar-refractivity contribution in [3.8, 4) is 0 Å². The fourth-order valence-electron chi connectivity index (χ4n) is 3.43. The SMILES string of the molecule is c1ccc2c(c1)NCC2CCN(CC1CC1)C1CC1. The fourth-order valence-corrected chi connectivity index (χ4v) is 3.43. The third-order valence-corrected chi connectivity index (χ3v) is 4.96. The number of nitrogens with one attached hydrogen (secondary N) is 1. The van der Waals surface area contributed by atoms with Crippen molar-refractivity contribution in [2.24, 2.45) is 5.92 Å². The van der Waals surface area contributed by atoms with Gasteiger partial charge in [0.25, 0.3) is 0 Å². The topological polar surface area (TPSA) is 15.3 Å². The van der Waals surface area contributed by atoms with Crippen LogP contribution in [-0.2, 0) is 0 Å². The molecule has 1 unspecified atom stereocenters. The molecule has 4 rings (SSSR count). The summed E-state index contributed by atoms with van der Waals surface area (Å²) in [6.07, 6.45) is 7.19. The second-order valence-electron chi connectivity index (χ2n) is 6.62. The molecule has 1 aliphatic heterocycles. The standard InChI is InChI=1S/C17H24N2/c1-2-4-17-16(3-1)14(11-18-17)9-10-19(15-7-8-15)12-13-5-6-13/h1-4,13-15,18H,5-12H2. The molecule has 2 saturated carbocycles. The molecule has 2 heteroatoms. The molecule has 0 bridgehead atoms.